The number of aromatic nitrogens is 3. The Bertz CT molecular complexity index is 297. The van der Waals surface area contributed by atoms with Crippen LogP contribution in [0, 0.1) is 5.41 Å². The van der Waals surface area contributed by atoms with Gasteiger partial charge in [0.15, 0.2) is 5.16 Å². The van der Waals surface area contributed by atoms with Crippen molar-refractivity contribution in [2.75, 3.05) is 5.75 Å². The van der Waals surface area contributed by atoms with Crippen LogP contribution in [0.25, 0.3) is 0 Å². The molecule has 0 saturated carbocycles. The highest BCUT2D eigenvalue weighted by atomic mass is 32.2. The van der Waals surface area contributed by atoms with Crippen molar-refractivity contribution in [2.24, 2.45) is 11.3 Å². The summed E-state index contributed by atoms with van der Waals surface area (Å²) in [6, 6.07) is 0. The average molecular weight is 215 g/mol. The zero-order valence-electron chi connectivity index (χ0n) is 8.07. The largest absolute Gasteiger partial charge is 0.294 e. The Morgan fingerprint density at radius 2 is 2.50 bits per heavy atom. The van der Waals surface area contributed by atoms with E-state index in [1.54, 1.807) is 0 Å². The second-order valence-electron chi connectivity index (χ2n) is 3.44. The van der Waals surface area contributed by atoms with Crippen LogP contribution < -0.4 is 11.3 Å². The molecular weight excluding hydrogens is 202 g/mol. The highest BCUT2D eigenvalue weighted by Gasteiger charge is 2.27. The Labute approximate surface area is 86.0 Å². The molecule has 78 valence electrons. The lowest BCUT2D eigenvalue weighted by Gasteiger charge is -2.20. The van der Waals surface area contributed by atoms with E-state index in [0.29, 0.717) is 10.9 Å². The number of thioether (sulfide) groups is 1. The number of H-pyrrole nitrogens is 1. The average Bonchev–Trinajstić information content (AvgIpc) is 2.66. The molecule has 14 heavy (non-hydrogen) atoms. The van der Waals surface area contributed by atoms with Crippen LogP contribution in [-0.4, -0.2) is 26.8 Å². The van der Waals surface area contributed by atoms with Crippen LogP contribution in [0.15, 0.2) is 11.5 Å². The third-order valence-corrected chi connectivity index (χ3v) is 3.04. The van der Waals surface area contributed by atoms with Crippen molar-refractivity contribution in [1.82, 2.24) is 20.6 Å². The predicted molar refractivity (Wildman–Crippen MR) is 53.2 cm³/mol. The molecule has 0 spiro atoms. The van der Waals surface area contributed by atoms with Crippen LogP contribution in [0.3, 0.4) is 0 Å². The topological polar surface area (TPSA) is 96.7 Å². The first-order valence-electron chi connectivity index (χ1n) is 4.05. The van der Waals surface area contributed by atoms with Gasteiger partial charge in [0.1, 0.15) is 6.33 Å². The van der Waals surface area contributed by atoms with E-state index in [1.807, 2.05) is 13.8 Å². The number of nitrogens with zero attached hydrogens (tertiary/aromatic N) is 2. The van der Waals surface area contributed by atoms with Gasteiger partial charge in [0.2, 0.25) is 5.91 Å². The van der Waals surface area contributed by atoms with Crippen LogP contribution in [0.5, 0.6) is 0 Å². The van der Waals surface area contributed by atoms with Gasteiger partial charge < -0.3 is 0 Å². The highest BCUT2D eigenvalue weighted by Crippen LogP contribution is 2.24. The van der Waals surface area contributed by atoms with E-state index in [4.69, 9.17) is 5.84 Å². The minimum absolute atomic E-state index is 0.190. The molecule has 1 rings (SSSR count). The summed E-state index contributed by atoms with van der Waals surface area (Å²) in [6.07, 6.45) is 1.43. The Kier molecular flexibility index (Phi) is 3.48. The Morgan fingerprint density at radius 1 is 1.79 bits per heavy atom. The van der Waals surface area contributed by atoms with Gasteiger partial charge >= 0.3 is 0 Å². The second-order valence-corrected chi connectivity index (χ2v) is 4.40. The predicted octanol–water partition coefficient (Wildman–Crippen LogP) is -0.0871. The lowest BCUT2D eigenvalue weighted by Crippen LogP contribution is -2.42. The monoisotopic (exact) mass is 215 g/mol. The quantitative estimate of drug-likeness (QED) is 0.282. The van der Waals surface area contributed by atoms with Gasteiger partial charge in [0, 0.05) is 5.75 Å². The number of hydrogen-bond donors (Lipinski definition) is 3. The molecule has 0 fully saturated rings. The van der Waals surface area contributed by atoms with Gasteiger partial charge in [0.05, 0.1) is 5.41 Å². The van der Waals surface area contributed by atoms with Crippen LogP contribution >= 0.6 is 11.8 Å². The molecular formula is C7H13N5OS. The molecule has 0 aliphatic rings. The van der Waals surface area contributed by atoms with Crippen molar-refractivity contribution >= 4 is 17.7 Å². The van der Waals surface area contributed by atoms with Crippen molar-refractivity contribution in [3.05, 3.63) is 6.33 Å². The minimum Gasteiger partial charge on any atom is -0.294 e. The highest BCUT2D eigenvalue weighted by molar-refractivity contribution is 7.99. The molecule has 0 aliphatic heterocycles. The molecule has 1 amide bonds. The molecule has 7 heteroatoms. The van der Waals surface area contributed by atoms with Gasteiger partial charge in [0.25, 0.3) is 0 Å². The van der Waals surface area contributed by atoms with Gasteiger partial charge in [-0.1, -0.05) is 25.6 Å². The van der Waals surface area contributed by atoms with Crippen LogP contribution in [0.1, 0.15) is 13.8 Å². The third-order valence-electron chi connectivity index (χ3n) is 1.71. The number of rotatable bonds is 4. The maximum absolute atomic E-state index is 11.3. The Balaban J connectivity index is 2.48. The van der Waals surface area contributed by atoms with E-state index in [-0.39, 0.29) is 5.91 Å². The van der Waals surface area contributed by atoms with Crippen molar-refractivity contribution in [2.45, 2.75) is 19.0 Å². The Morgan fingerprint density at radius 3 is 3.00 bits per heavy atom. The third kappa shape index (κ3) is 2.71. The summed E-state index contributed by atoms with van der Waals surface area (Å²) in [5.74, 6) is 5.46. The molecule has 6 nitrogen and oxygen atoms in total. The fraction of sp³-hybridized carbons (Fsp3) is 0.571. The molecule has 1 heterocycles. The normalized spacial score (nSPS) is 11.4. The second kappa shape index (κ2) is 4.43. The van der Waals surface area contributed by atoms with Crippen LogP contribution in [-0.2, 0) is 4.79 Å². The number of hydrazine groups is 1. The molecule has 0 atom stereocenters. The fourth-order valence-electron chi connectivity index (χ4n) is 0.773. The number of carbonyl (C=O) groups is 1. The number of hydrogen-bond acceptors (Lipinski definition) is 5. The summed E-state index contributed by atoms with van der Waals surface area (Å²) in [4.78, 5) is 15.2. The van der Waals surface area contributed by atoms with Crippen molar-refractivity contribution in [3.8, 4) is 0 Å². The summed E-state index contributed by atoms with van der Waals surface area (Å²) < 4.78 is 0. The molecule has 0 unspecified atom stereocenters. The molecule has 0 bridgehead atoms. The summed E-state index contributed by atoms with van der Waals surface area (Å²) in [6.45, 7) is 3.64. The molecule has 1 aromatic heterocycles. The zero-order valence-corrected chi connectivity index (χ0v) is 8.89. The maximum Gasteiger partial charge on any atom is 0.240 e. The summed E-state index contributed by atoms with van der Waals surface area (Å²) in [7, 11) is 0. The molecule has 1 aromatic rings. The smallest absolute Gasteiger partial charge is 0.240 e. The van der Waals surface area contributed by atoms with Crippen molar-refractivity contribution in [3.63, 3.8) is 0 Å². The number of nitrogens with one attached hydrogen (secondary N) is 2. The first kappa shape index (κ1) is 11.0. The van der Waals surface area contributed by atoms with Gasteiger partial charge in [-0.05, 0) is 0 Å². The first-order valence-corrected chi connectivity index (χ1v) is 5.04. The van der Waals surface area contributed by atoms with Crippen LogP contribution in [0.4, 0.5) is 0 Å². The van der Waals surface area contributed by atoms with Gasteiger partial charge in [-0.15, -0.1) is 0 Å². The lowest BCUT2D eigenvalue weighted by atomic mass is 9.96. The molecule has 0 saturated heterocycles. The zero-order chi connectivity index (χ0) is 10.6. The minimum atomic E-state index is -0.522. The lowest BCUT2D eigenvalue weighted by molar-refractivity contribution is -0.128. The Hall–Kier alpha value is -1.08. The number of amides is 1. The summed E-state index contributed by atoms with van der Waals surface area (Å²) in [5, 5.41) is 7.11. The van der Waals surface area contributed by atoms with Gasteiger partial charge in [-0.2, -0.15) is 5.10 Å². The standard InChI is InChI=1S/C7H13N5OS/c1-7(2,5(13)11-8)3-14-6-9-4-10-12-6/h4H,3,8H2,1-2H3,(H,11,13)(H,9,10,12). The molecule has 0 aromatic carbocycles. The van der Waals surface area contributed by atoms with E-state index in [1.165, 1.54) is 18.1 Å². The van der Waals surface area contributed by atoms with Crippen LogP contribution in [0.2, 0.25) is 0 Å². The van der Waals surface area contributed by atoms with Crippen molar-refractivity contribution < 1.29 is 4.79 Å². The molecule has 4 N–H and O–H groups in total. The SMILES string of the molecule is CC(C)(CSc1ncn[nH]1)C(=O)NN. The van der Waals surface area contributed by atoms with E-state index < -0.39 is 5.41 Å². The van der Waals surface area contributed by atoms with E-state index in [0.717, 1.165) is 0 Å². The molecule has 0 radical (unpaired) electrons. The summed E-state index contributed by atoms with van der Waals surface area (Å²) in [5.41, 5.74) is 1.62. The first-order chi connectivity index (χ1) is 6.56. The summed E-state index contributed by atoms with van der Waals surface area (Å²) >= 11 is 1.43. The van der Waals surface area contributed by atoms with Gasteiger partial charge in [-0.3, -0.25) is 15.3 Å². The number of nitrogens with two attached hydrogens (primary N) is 1. The fourth-order valence-corrected chi connectivity index (χ4v) is 1.64. The maximum atomic E-state index is 11.3. The molecule has 0 aliphatic carbocycles. The van der Waals surface area contributed by atoms with E-state index in [9.17, 15) is 4.79 Å². The van der Waals surface area contributed by atoms with Crippen molar-refractivity contribution in [1.29, 1.82) is 0 Å². The van der Waals surface area contributed by atoms with Gasteiger partial charge in [-0.25, -0.2) is 10.8 Å². The number of carbonyl (C=O) groups excluding carboxylic acids is 1. The van der Waals surface area contributed by atoms with E-state index >= 15 is 0 Å². The number of aromatic amines is 1. The van der Waals surface area contributed by atoms with E-state index in [2.05, 4.69) is 20.6 Å².